The van der Waals surface area contributed by atoms with E-state index in [4.69, 9.17) is 9.47 Å². The zero-order chi connectivity index (χ0) is 23.1. The molecule has 4 heteroatoms. The van der Waals surface area contributed by atoms with Crippen LogP contribution in [0.2, 0.25) is 0 Å². The van der Waals surface area contributed by atoms with Gasteiger partial charge in [-0.25, -0.2) is 0 Å². The van der Waals surface area contributed by atoms with Crippen LogP contribution >= 0.6 is 8.58 Å². The molecule has 0 spiro atoms. The highest BCUT2D eigenvalue weighted by Crippen LogP contribution is 2.51. The van der Waals surface area contributed by atoms with E-state index in [9.17, 15) is 5.11 Å². The van der Waals surface area contributed by atoms with E-state index in [1.54, 1.807) is 7.11 Å². The SMILES string of the molecule is CCC(CC)(Pc1ccc(C)cc1C(C)O)c1cc(OC)ccc1OCc1ccccc1. The molecule has 0 radical (unpaired) electrons. The number of methoxy groups -OCH3 is 1. The zero-order valence-electron chi connectivity index (χ0n) is 19.8. The van der Waals surface area contributed by atoms with Crippen LogP contribution in [0.1, 0.15) is 62.0 Å². The van der Waals surface area contributed by atoms with Crippen molar-refractivity contribution in [3.05, 3.63) is 89.0 Å². The number of aliphatic hydroxyl groups excluding tert-OH is 1. The van der Waals surface area contributed by atoms with Crippen molar-refractivity contribution in [1.82, 2.24) is 0 Å². The molecule has 0 saturated carbocycles. The molecule has 3 aromatic rings. The number of aryl methyl sites for hydroxylation is 1. The van der Waals surface area contributed by atoms with Gasteiger partial charge in [0.1, 0.15) is 18.1 Å². The van der Waals surface area contributed by atoms with Crippen LogP contribution in [0.25, 0.3) is 0 Å². The van der Waals surface area contributed by atoms with Crippen LogP contribution in [0.5, 0.6) is 11.5 Å². The Morgan fingerprint density at radius 3 is 2.31 bits per heavy atom. The van der Waals surface area contributed by atoms with Crippen molar-refractivity contribution in [3.8, 4) is 11.5 Å². The van der Waals surface area contributed by atoms with Gasteiger partial charge >= 0.3 is 0 Å². The topological polar surface area (TPSA) is 38.7 Å². The van der Waals surface area contributed by atoms with Crippen molar-refractivity contribution in [2.24, 2.45) is 0 Å². The summed E-state index contributed by atoms with van der Waals surface area (Å²) in [6.45, 7) is 8.93. The van der Waals surface area contributed by atoms with Gasteiger partial charge in [0.2, 0.25) is 0 Å². The molecule has 3 nitrogen and oxygen atoms in total. The van der Waals surface area contributed by atoms with Crippen LogP contribution < -0.4 is 14.8 Å². The van der Waals surface area contributed by atoms with E-state index in [0.29, 0.717) is 15.2 Å². The quantitative estimate of drug-likeness (QED) is 0.351. The summed E-state index contributed by atoms with van der Waals surface area (Å²) < 4.78 is 12.0. The molecule has 0 aromatic heterocycles. The molecule has 2 atom stereocenters. The Morgan fingerprint density at radius 1 is 0.969 bits per heavy atom. The van der Waals surface area contributed by atoms with Gasteiger partial charge in [-0.2, -0.15) is 0 Å². The minimum atomic E-state index is -0.497. The van der Waals surface area contributed by atoms with Gasteiger partial charge < -0.3 is 14.6 Å². The van der Waals surface area contributed by atoms with Gasteiger partial charge in [0, 0.05) is 10.7 Å². The number of ether oxygens (including phenoxy) is 2. The van der Waals surface area contributed by atoms with E-state index in [1.807, 2.05) is 37.3 Å². The molecule has 0 aliphatic carbocycles. The largest absolute Gasteiger partial charge is 0.497 e. The summed E-state index contributed by atoms with van der Waals surface area (Å²) in [7, 11) is 2.21. The molecule has 0 amide bonds. The second-order valence-electron chi connectivity index (χ2n) is 8.32. The maximum atomic E-state index is 10.4. The molecule has 0 saturated heterocycles. The normalized spacial score (nSPS) is 12.8. The van der Waals surface area contributed by atoms with E-state index in [2.05, 4.69) is 57.2 Å². The third kappa shape index (κ3) is 5.52. The fraction of sp³-hybridized carbons (Fsp3) is 0.357. The first-order chi connectivity index (χ1) is 15.4. The summed E-state index contributed by atoms with van der Waals surface area (Å²) in [5.41, 5.74) is 4.50. The first-order valence-electron chi connectivity index (χ1n) is 11.3. The molecular weight excluding hydrogens is 415 g/mol. The lowest BCUT2D eigenvalue weighted by atomic mass is 9.91. The van der Waals surface area contributed by atoms with Gasteiger partial charge in [0.25, 0.3) is 0 Å². The van der Waals surface area contributed by atoms with Crippen molar-refractivity contribution in [3.63, 3.8) is 0 Å². The molecule has 3 aromatic carbocycles. The Morgan fingerprint density at radius 2 is 1.69 bits per heavy atom. The van der Waals surface area contributed by atoms with Crippen LogP contribution in [-0.2, 0) is 11.8 Å². The van der Waals surface area contributed by atoms with E-state index in [0.717, 1.165) is 35.5 Å². The molecule has 0 aliphatic rings. The molecule has 0 fully saturated rings. The number of benzene rings is 3. The summed E-state index contributed by atoms with van der Waals surface area (Å²) in [5, 5.41) is 11.6. The van der Waals surface area contributed by atoms with E-state index in [-0.39, 0.29) is 5.16 Å². The second kappa shape index (κ2) is 11.0. The summed E-state index contributed by atoms with van der Waals surface area (Å²) in [6.07, 6.45) is 1.43. The summed E-state index contributed by atoms with van der Waals surface area (Å²) >= 11 is 0. The molecule has 0 bridgehead atoms. The lowest BCUT2D eigenvalue weighted by molar-refractivity contribution is 0.200. The molecule has 2 unspecified atom stereocenters. The lowest BCUT2D eigenvalue weighted by Crippen LogP contribution is -2.24. The minimum absolute atomic E-state index is 0.112. The average Bonchev–Trinajstić information content (AvgIpc) is 2.82. The fourth-order valence-electron chi connectivity index (χ4n) is 4.15. The molecule has 1 N–H and O–H groups in total. The Hall–Kier alpha value is -2.35. The van der Waals surface area contributed by atoms with E-state index < -0.39 is 6.10 Å². The summed E-state index contributed by atoms with van der Waals surface area (Å²) in [5.74, 6) is 1.74. The number of hydrogen-bond acceptors (Lipinski definition) is 3. The van der Waals surface area contributed by atoms with Crippen molar-refractivity contribution < 1.29 is 14.6 Å². The third-order valence-electron chi connectivity index (χ3n) is 6.18. The maximum Gasteiger partial charge on any atom is 0.124 e. The second-order valence-corrected chi connectivity index (χ2v) is 10.1. The fourth-order valence-corrected chi connectivity index (χ4v) is 5.94. The zero-order valence-corrected chi connectivity index (χ0v) is 20.8. The van der Waals surface area contributed by atoms with E-state index >= 15 is 0 Å². The van der Waals surface area contributed by atoms with Crippen LogP contribution in [-0.4, -0.2) is 12.2 Å². The molecule has 3 rings (SSSR count). The third-order valence-corrected chi connectivity index (χ3v) is 8.36. The first kappa shape index (κ1) is 24.3. The Kier molecular flexibility index (Phi) is 8.34. The highest BCUT2D eigenvalue weighted by Gasteiger charge is 2.33. The van der Waals surface area contributed by atoms with Crippen molar-refractivity contribution in [2.45, 2.75) is 58.4 Å². The Balaban J connectivity index is 2.04. The van der Waals surface area contributed by atoms with Gasteiger partial charge in [-0.3, -0.25) is 0 Å². The summed E-state index contributed by atoms with van der Waals surface area (Å²) in [4.78, 5) is 0. The van der Waals surface area contributed by atoms with Crippen LogP contribution in [0.4, 0.5) is 0 Å². The van der Waals surface area contributed by atoms with Crippen LogP contribution in [0, 0.1) is 6.92 Å². The van der Waals surface area contributed by atoms with Crippen molar-refractivity contribution in [2.75, 3.05) is 7.11 Å². The van der Waals surface area contributed by atoms with Gasteiger partial charge in [-0.05, 0) is 61.3 Å². The molecule has 0 heterocycles. The Bertz CT molecular complexity index is 1010. The van der Waals surface area contributed by atoms with Gasteiger partial charge in [-0.15, -0.1) is 0 Å². The molecule has 0 aliphatic heterocycles. The smallest absolute Gasteiger partial charge is 0.124 e. The lowest BCUT2D eigenvalue weighted by Gasteiger charge is -2.35. The van der Waals surface area contributed by atoms with Crippen molar-refractivity contribution in [1.29, 1.82) is 0 Å². The number of aliphatic hydroxyl groups is 1. The molecule has 170 valence electrons. The molecule has 32 heavy (non-hydrogen) atoms. The first-order valence-corrected chi connectivity index (χ1v) is 12.3. The summed E-state index contributed by atoms with van der Waals surface area (Å²) in [6, 6.07) is 22.8. The maximum absolute atomic E-state index is 10.4. The predicted octanol–water partition coefficient (Wildman–Crippen LogP) is 6.66. The predicted molar refractivity (Wildman–Crippen MR) is 136 cm³/mol. The average molecular weight is 451 g/mol. The standard InChI is InChI=1S/C28H35O3P/c1-6-28(7-2,32-27-16-13-20(3)17-24(27)21(4)29)25-18-23(30-5)14-15-26(25)31-19-22-11-9-8-10-12-22/h8-18,21,29,32H,6-7,19H2,1-5H3. The molecular formula is C28H35O3P. The van der Waals surface area contributed by atoms with Gasteiger partial charge in [0.15, 0.2) is 0 Å². The highest BCUT2D eigenvalue weighted by atomic mass is 31.1. The van der Waals surface area contributed by atoms with Gasteiger partial charge in [-0.1, -0.05) is 76.5 Å². The highest BCUT2D eigenvalue weighted by molar-refractivity contribution is 7.48. The number of rotatable bonds is 10. The van der Waals surface area contributed by atoms with Crippen LogP contribution in [0.15, 0.2) is 66.7 Å². The number of hydrogen-bond donors (Lipinski definition) is 1. The van der Waals surface area contributed by atoms with Crippen molar-refractivity contribution >= 4 is 13.9 Å². The van der Waals surface area contributed by atoms with E-state index in [1.165, 1.54) is 16.4 Å². The van der Waals surface area contributed by atoms with Gasteiger partial charge in [0.05, 0.1) is 13.2 Å². The van der Waals surface area contributed by atoms with Crippen LogP contribution in [0.3, 0.4) is 0 Å². The Labute approximate surface area is 194 Å². The monoisotopic (exact) mass is 450 g/mol. The minimum Gasteiger partial charge on any atom is -0.497 e.